The van der Waals surface area contributed by atoms with Gasteiger partial charge < -0.3 is 4.90 Å². The molecule has 0 aromatic heterocycles. The van der Waals surface area contributed by atoms with E-state index in [1.807, 2.05) is 44.2 Å². The van der Waals surface area contributed by atoms with Crippen LogP contribution in [0.5, 0.6) is 0 Å². The molecular formula is C12H14N2O. The van der Waals surface area contributed by atoms with Crippen LogP contribution in [-0.4, -0.2) is 29.2 Å². The smallest absolute Gasteiger partial charge is 0.274 e. The molecule has 2 rings (SSSR count). The molecule has 0 atom stereocenters. The van der Waals surface area contributed by atoms with Crippen molar-refractivity contribution in [1.29, 1.82) is 0 Å². The fourth-order valence-corrected chi connectivity index (χ4v) is 1.59. The average molecular weight is 202 g/mol. The quantitative estimate of drug-likeness (QED) is 0.682. The van der Waals surface area contributed by atoms with E-state index in [1.54, 1.807) is 11.9 Å². The van der Waals surface area contributed by atoms with Gasteiger partial charge in [-0.3, -0.25) is 9.79 Å². The first-order chi connectivity index (χ1) is 7.02. The van der Waals surface area contributed by atoms with Gasteiger partial charge >= 0.3 is 0 Å². The molecule has 0 saturated heterocycles. The first kappa shape index (κ1) is 9.90. The highest BCUT2D eigenvalue weighted by Gasteiger charge is 2.37. The maximum Gasteiger partial charge on any atom is 0.274 e. The third-order valence-corrected chi connectivity index (χ3v) is 2.76. The maximum absolute atomic E-state index is 11.9. The van der Waals surface area contributed by atoms with Crippen LogP contribution in [0.4, 0.5) is 0 Å². The Hall–Kier alpha value is -1.64. The highest BCUT2D eigenvalue weighted by molar-refractivity contribution is 6.46. The monoisotopic (exact) mass is 202 g/mol. The highest BCUT2D eigenvalue weighted by atomic mass is 16.2. The average Bonchev–Trinajstić information content (AvgIpc) is 2.44. The molecule has 1 amide bonds. The predicted molar refractivity (Wildman–Crippen MR) is 59.8 cm³/mol. The molecule has 0 fully saturated rings. The summed E-state index contributed by atoms with van der Waals surface area (Å²) in [6.07, 6.45) is 0. The summed E-state index contributed by atoms with van der Waals surface area (Å²) >= 11 is 0. The second kappa shape index (κ2) is 3.19. The first-order valence-electron chi connectivity index (χ1n) is 4.96. The van der Waals surface area contributed by atoms with Gasteiger partial charge in [0.1, 0.15) is 11.4 Å². The molecule has 0 N–H and O–H groups in total. The zero-order valence-corrected chi connectivity index (χ0v) is 9.19. The van der Waals surface area contributed by atoms with Gasteiger partial charge in [-0.15, -0.1) is 0 Å². The van der Waals surface area contributed by atoms with Gasteiger partial charge in [-0.25, -0.2) is 0 Å². The molecule has 3 heteroatoms. The molecule has 0 bridgehead atoms. The van der Waals surface area contributed by atoms with Gasteiger partial charge in [-0.05, 0) is 13.8 Å². The topological polar surface area (TPSA) is 32.7 Å². The maximum atomic E-state index is 11.9. The SMILES string of the molecule is CN1C(=O)C(c2ccccc2)=NC1(C)C. The summed E-state index contributed by atoms with van der Waals surface area (Å²) in [6, 6.07) is 9.57. The van der Waals surface area contributed by atoms with E-state index < -0.39 is 5.66 Å². The lowest BCUT2D eigenvalue weighted by Crippen LogP contribution is -2.39. The van der Waals surface area contributed by atoms with E-state index in [0.717, 1.165) is 5.56 Å². The number of nitrogens with zero attached hydrogens (tertiary/aromatic N) is 2. The largest absolute Gasteiger partial charge is 0.316 e. The minimum Gasteiger partial charge on any atom is -0.316 e. The minimum atomic E-state index is -0.428. The Morgan fingerprint density at radius 1 is 1.20 bits per heavy atom. The Morgan fingerprint density at radius 2 is 1.80 bits per heavy atom. The van der Waals surface area contributed by atoms with Gasteiger partial charge in [0.25, 0.3) is 5.91 Å². The first-order valence-corrected chi connectivity index (χ1v) is 4.96. The number of aliphatic imine (C=N–C) groups is 1. The summed E-state index contributed by atoms with van der Waals surface area (Å²) < 4.78 is 0. The van der Waals surface area contributed by atoms with Crippen LogP contribution in [0.2, 0.25) is 0 Å². The standard InChI is InChI=1S/C12H14N2O/c1-12(2)13-10(11(15)14(12)3)9-7-5-4-6-8-9/h4-8H,1-3H3. The molecule has 1 aliphatic heterocycles. The van der Waals surface area contributed by atoms with Gasteiger partial charge in [0, 0.05) is 12.6 Å². The van der Waals surface area contributed by atoms with Crippen molar-refractivity contribution >= 4 is 11.6 Å². The number of hydrogen-bond donors (Lipinski definition) is 0. The van der Waals surface area contributed by atoms with Crippen LogP contribution in [-0.2, 0) is 4.79 Å². The van der Waals surface area contributed by atoms with Gasteiger partial charge in [-0.2, -0.15) is 0 Å². The Balaban J connectivity index is 2.45. The second-order valence-electron chi connectivity index (χ2n) is 4.19. The summed E-state index contributed by atoms with van der Waals surface area (Å²) in [5.74, 6) is -0.00815. The zero-order chi connectivity index (χ0) is 11.1. The molecule has 1 aromatic carbocycles. The van der Waals surface area contributed by atoms with Crippen molar-refractivity contribution in [3.63, 3.8) is 0 Å². The van der Waals surface area contributed by atoms with Crippen LogP contribution in [0, 0.1) is 0 Å². The number of rotatable bonds is 1. The molecule has 0 saturated carbocycles. The third kappa shape index (κ3) is 1.54. The normalized spacial score (nSPS) is 19.3. The van der Waals surface area contributed by atoms with E-state index in [9.17, 15) is 4.79 Å². The van der Waals surface area contributed by atoms with Crippen LogP contribution in [0.3, 0.4) is 0 Å². The predicted octanol–water partition coefficient (Wildman–Crippen LogP) is 1.68. The van der Waals surface area contributed by atoms with Crippen molar-refractivity contribution in [3.8, 4) is 0 Å². The number of amides is 1. The summed E-state index contributed by atoms with van der Waals surface area (Å²) in [4.78, 5) is 18.0. The molecule has 0 aliphatic carbocycles. The molecule has 3 nitrogen and oxygen atoms in total. The fourth-order valence-electron chi connectivity index (χ4n) is 1.59. The summed E-state index contributed by atoms with van der Waals surface area (Å²) in [7, 11) is 1.78. The van der Waals surface area contributed by atoms with E-state index >= 15 is 0 Å². The van der Waals surface area contributed by atoms with Crippen LogP contribution < -0.4 is 0 Å². The van der Waals surface area contributed by atoms with Gasteiger partial charge in [-0.1, -0.05) is 30.3 Å². The van der Waals surface area contributed by atoms with Crippen LogP contribution >= 0.6 is 0 Å². The third-order valence-electron chi connectivity index (χ3n) is 2.76. The van der Waals surface area contributed by atoms with Gasteiger partial charge in [0.15, 0.2) is 0 Å². The van der Waals surface area contributed by atoms with E-state index in [1.165, 1.54) is 0 Å². The zero-order valence-electron chi connectivity index (χ0n) is 9.19. The molecule has 0 radical (unpaired) electrons. The Labute approximate surface area is 89.4 Å². The van der Waals surface area contributed by atoms with Crippen molar-refractivity contribution in [2.75, 3.05) is 7.05 Å². The van der Waals surface area contributed by atoms with E-state index in [0.29, 0.717) is 5.71 Å². The van der Waals surface area contributed by atoms with Crippen LogP contribution in [0.15, 0.2) is 35.3 Å². The van der Waals surface area contributed by atoms with Crippen molar-refractivity contribution in [2.45, 2.75) is 19.5 Å². The molecule has 78 valence electrons. The number of benzene rings is 1. The summed E-state index contributed by atoms with van der Waals surface area (Å²) in [5.41, 5.74) is 1.02. The molecule has 0 unspecified atom stereocenters. The van der Waals surface area contributed by atoms with E-state index in [4.69, 9.17) is 0 Å². The Kier molecular flexibility index (Phi) is 2.11. The molecule has 1 aromatic rings. The van der Waals surface area contributed by atoms with E-state index in [2.05, 4.69) is 4.99 Å². The summed E-state index contributed by atoms with van der Waals surface area (Å²) in [5, 5.41) is 0. The lowest BCUT2D eigenvalue weighted by atomic mass is 10.1. The van der Waals surface area contributed by atoms with E-state index in [-0.39, 0.29) is 5.91 Å². The van der Waals surface area contributed by atoms with Gasteiger partial charge in [0.2, 0.25) is 0 Å². The Morgan fingerprint density at radius 3 is 2.27 bits per heavy atom. The fraction of sp³-hybridized carbons (Fsp3) is 0.333. The lowest BCUT2D eigenvalue weighted by molar-refractivity contribution is -0.125. The molecule has 1 heterocycles. The molecular weight excluding hydrogens is 188 g/mol. The highest BCUT2D eigenvalue weighted by Crippen LogP contribution is 2.24. The summed E-state index contributed by atoms with van der Waals surface area (Å²) in [6.45, 7) is 3.86. The van der Waals surface area contributed by atoms with Crippen molar-refractivity contribution in [3.05, 3.63) is 35.9 Å². The molecule has 1 aliphatic rings. The van der Waals surface area contributed by atoms with Crippen LogP contribution in [0.1, 0.15) is 19.4 Å². The number of carbonyl (C=O) groups is 1. The van der Waals surface area contributed by atoms with Crippen molar-refractivity contribution < 1.29 is 4.79 Å². The lowest BCUT2D eigenvalue weighted by Gasteiger charge is -2.24. The second-order valence-corrected chi connectivity index (χ2v) is 4.19. The number of likely N-dealkylation sites (N-methyl/N-ethyl adjacent to an activating group) is 1. The Bertz CT molecular complexity index is 421. The molecule has 15 heavy (non-hydrogen) atoms. The van der Waals surface area contributed by atoms with Crippen molar-refractivity contribution in [1.82, 2.24) is 4.90 Å². The number of hydrogen-bond acceptors (Lipinski definition) is 2. The van der Waals surface area contributed by atoms with Crippen LogP contribution in [0.25, 0.3) is 0 Å². The molecule has 0 spiro atoms. The van der Waals surface area contributed by atoms with Crippen molar-refractivity contribution in [2.24, 2.45) is 4.99 Å². The van der Waals surface area contributed by atoms with Gasteiger partial charge in [0.05, 0.1) is 0 Å². The number of carbonyl (C=O) groups excluding carboxylic acids is 1. The minimum absolute atomic E-state index is 0.00815.